The molecule has 1 aliphatic carbocycles. The first kappa shape index (κ1) is 19.4. The standard InChI is InChI=1S/C23H31N3OS/c1-3-18-9-11-19(12-10-18)26(23(27)22-16-24-17(2)28-22)21-8-6-7-20(15-21)25-13-4-5-14-25/h6-8,15-16,18-19H,3-5,9-14H2,1-2H3. The summed E-state index contributed by atoms with van der Waals surface area (Å²) in [5.41, 5.74) is 2.29. The third kappa shape index (κ3) is 4.09. The Bertz CT molecular complexity index is 804. The highest BCUT2D eigenvalue weighted by molar-refractivity contribution is 7.13. The van der Waals surface area contributed by atoms with Gasteiger partial charge >= 0.3 is 0 Å². The molecule has 1 aliphatic heterocycles. The molecule has 0 spiro atoms. The lowest BCUT2D eigenvalue weighted by molar-refractivity contribution is 0.0970. The molecule has 4 rings (SSSR count). The molecule has 4 nitrogen and oxygen atoms in total. The summed E-state index contributed by atoms with van der Waals surface area (Å²) < 4.78 is 0. The third-order valence-electron chi connectivity index (χ3n) is 6.39. The van der Waals surface area contributed by atoms with Gasteiger partial charge in [0.05, 0.1) is 11.2 Å². The predicted octanol–water partition coefficient (Wildman–Crippen LogP) is 5.67. The molecule has 2 aromatic rings. The number of amides is 1. The van der Waals surface area contributed by atoms with Crippen molar-refractivity contribution in [3.8, 4) is 0 Å². The Morgan fingerprint density at radius 1 is 1.21 bits per heavy atom. The fourth-order valence-electron chi connectivity index (χ4n) is 4.70. The summed E-state index contributed by atoms with van der Waals surface area (Å²) in [6.45, 7) is 6.49. The van der Waals surface area contributed by atoms with Crippen molar-refractivity contribution in [3.63, 3.8) is 0 Å². The Labute approximate surface area is 172 Å². The first-order chi connectivity index (χ1) is 13.7. The summed E-state index contributed by atoms with van der Waals surface area (Å²) in [5.74, 6) is 0.930. The topological polar surface area (TPSA) is 36.4 Å². The van der Waals surface area contributed by atoms with E-state index in [9.17, 15) is 4.79 Å². The summed E-state index contributed by atoms with van der Waals surface area (Å²) >= 11 is 1.50. The van der Waals surface area contributed by atoms with Crippen LogP contribution in [0.2, 0.25) is 0 Å². The summed E-state index contributed by atoms with van der Waals surface area (Å²) in [7, 11) is 0. The molecule has 0 bridgehead atoms. The average molecular weight is 398 g/mol. The van der Waals surface area contributed by atoms with Crippen molar-refractivity contribution >= 4 is 28.6 Å². The molecule has 1 saturated heterocycles. The molecule has 2 aliphatic rings. The van der Waals surface area contributed by atoms with Crippen LogP contribution in [0.25, 0.3) is 0 Å². The number of hydrogen-bond donors (Lipinski definition) is 0. The van der Waals surface area contributed by atoms with E-state index in [1.807, 2.05) is 6.92 Å². The average Bonchev–Trinajstić information content (AvgIpc) is 3.41. The molecule has 28 heavy (non-hydrogen) atoms. The molecule has 0 radical (unpaired) electrons. The minimum Gasteiger partial charge on any atom is -0.371 e. The molecule has 0 atom stereocenters. The highest BCUT2D eigenvalue weighted by Gasteiger charge is 2.31. The zero-order valence-corrected chi connectivity index (χ0v) is 17.9. The van der Waals surface area contributed by atoms with Crippen LogP contribution >= 0.6 is 11.3 Å². The number of aryl methyl sites for hydroxylation is 1. The lowest BCUT2D eigenvalue weighted by atomic mass is 9.83. The van der Waals surface area contributed by atoms with Crippen LogP contribution in [0.15, 0.2) is 30.5 Å². The normalized spacial score (nSPS) is 22.4. The van der Waals surface area contributed by atoms with E-state index in [-0.39, 0.29) is 11.9 Å². The number of nitrogens with zero attached hydrogens (tertiary/aromatic N) is 3. The van der Waals surface area contributed by atoms with Crippen molar-refractivity contribution in [2.45, 2.75) is 64.8 Å². The predicted molar refractivity (Wildman–Crippen MR) is 118 cm³/mol. The van der Waals surface area contributed by atoms with Crippen LogP contribution in [0.3, 0.4) is 0 Å². The molecule has 0 N–H and O–H groups in total. The van der Waals surface area contributed by atoms with Gasteiger partial charge in [-0.25, -0.2) is 4.98 Å². The Kier molecular flexibility index (Phi) is 6.00. The number of carbonyl (C=O) groups is 1. The highest BCUT2D eigenvalue weighted by atomic mass is 32.1. The molecule has 2 fully saturated rings. The first-order valence-corrected chi connectivity index (χ1v) is 11.6. The quantitative estimate of drug-likeness (QED) is 0.652. The molecule has 2 heterocycles. The zero-order chi connectivity index (χ0) is 19.5. The fourth-order valence-corrected chi connectivity index (χ4v) is 5.41. The number of thiazole rings is 1. The Morgan fingerprint density at radius 3 is 2.61 bits per heavy atom. The van der Waals surface area contributed by atoms with Crippen LogP contribution in [0, 0.1) is 12.8 Å². The molecule has 1 aromatic carbocycles. The molecular formula is C23H31N3OS. The van der Waals surface area contributed by atoms with Crippen LogP contribution in [0.4, 0.5) is 11.4 Å². The van der Waals surface area contributed by atoms with Gasteiger partial charge in [-0.3, -0.25) is 4.79 Å². The van der Waals surface area contributed by atoms with Crippen molar-refractivity contribution in [2.75, 3.05) is 22.9 Å². The second-order valence-electron chi connectivity index (χ2n) is 8.22. The smallest absolute Gasteiger partial charge is 0.270 e. The fraction of sp³-hybridized carbons (Fsp3) is 0.565. The maximum atomic E-state index is 13.5. The highest BCUT2D eigenvalue weighted by Crippen LogP contribution is 2.35. The minimum absolute atomic E-state index is 0.115. The van der Waals surface area contributed by atoms with E-state index < -0.39 is 0 Å². The van der Waals surface area contributed by atoms with Crippen LogP contribution in [0.1, 0.15) is 66.5 Å². The summed E-state index contributed by atoms with van der Waals surface area (Å²) in [6.07, 6.45) is 10.1. The van der Waals surface area contributed by atoms with Crippen LogP contribution < -0.4 is 9.80 Å². The first-order valence-electron chi connectivity index (χ1n) is 10.8. The van der Waals surface area contributed by atoms with E-state index in [2.05, 4.69) is 46.0 Å². The minimum atomic E-state index is 0.115. The monoisotopic (exact) mass is 397 g/mol. The van der Waals surface area contributed by atoms with Crippen molar-refractivity contribution in [1.82, 2.24) is 4.98 Å². The van der Waals surface area contributed by atoms with E-state index >= 15 is 0 Å². The largest absolute Gasteiger partial charge is 0.371 e. The van der Waals surface area contributed by atoms with Crippen molar-refractivity contribution in [1.29, 1.82) is 0 Å². The molecule has 150 valence electrons. The number of anilines is 2. The SMILES string of the molecule is CCC1CCC(N(C(=O)c2cnc(C)s2)c2cccc(N3CCCC3)c2)CC1. The van der Waals surface area contributed by atoms with E-state index in [1.165, 1.54) is 49.1 Å². The van der Waals surface area contributed by atoms with Gasteiger partial charge in [-0.15, -0.1) is 11.3 Å². The number of rotatable bonds is 5. The number of carbonyl (C=O) groups excluding carboxylic acids is 1. The van der Waals surface area contributed by atoms with Gasteiger partial charge in [0.1, 0.15) is 4.88 Å². The second kappa shape index (κ2) is 8.64. The van der Waals surface area contributed by atoms with E-state index in [1.54, 1.807) is 6.20 Å². The summed E-state index contributed by atoms with van der Waals surface area (Å²) in [4.78, 5) is 23.1. The van der Waals surface area contributed by atoms with Crippen molar-refractivity contribution in [2.24, 2.45) is 5.92 Å². The molecule has 0 unspecified atom stereocenters. The van der Waals surface area contributed by atoms with Crippen LogP contribution in [-0.4, -0.2) is 30.0 Å². The van der Waals surface area contributed by atoms with Crippen LogP contribution in [0.5, 0.6) is 0 Å². The van der Waals surface area contributed by atoms with Gasteiger partial charge in [0.2, 0.25) is 0 Å². The maximum Gasteiger partial charge on any atom is 0.270 e. The summed E-state index contributed by atoms with van der Waals surface area (Å²) in [5, 5.41) is 0.948. The van der Waals surface area contributed by atoms with Gasteiger partial charge in [0.15, 0.2) is 0 Å². The second-order valence-corrected chi connectivity index (χ2v) is 9.45. The van der Waals surface area contributed by atoms with Gasteiger partial charge in [-0.05, 0) is 69.6 Å². The van der Waals surface area contributed by atoms with E-state index in [4.69, 9.17) is 0 Å². The summed E-state index contributed by atoms with van der Waals surface area (Å²) in [6, 6.07) is 8.91. The molecule has 1 saturated carbocycles. The number of benzene rings is 1. The molecule has 5 heteroatoms. The van der Waals surface area contributed by atoms with Crippen molar-refractivity contribution < 1.29 is 4.79 Å². The van der Waals surface area contributed by atoms with Gasteiger partial charge in [-0.1, -0.05) is 19.4 Å². The molecular weight excluding hydrogens is 366 g/mol. The lowest BCUT2D eigenvalue weighted by Gasteiger charge is -2.37. The van der Waals surface area contributed by atoms with Gasteiger partial charge in [0.25, 0.3) is 5.91 Å². The van der Waals surface area contributed by atoms with E-state index in [0.717, 1.165) is 47.4 Å². The lowest BCUT2D eigenvalue weighted by Crippen LogP contribution is -2.42. The Balaban J connectivity index is 1.64. The van der Waals surface area contributed by atoms with Gasteiger partial charge in [0, 0.05) is 30.5 Å². The zero-order valence-electron chi connectivity index (χ0n) is 17.1. The Morgan fingerprint density at radius 2 is 1.96 bits per heavy atom. The third-order valence-corrected chi connectivity index (χ3v) is 7.29. The number of aromatic nitrogens is 1. The maximum absolute atomic E-state index is 13.5. The van der Waals surface area contributed by atoms with Gasteiger partial charge < -0.3 is 9.80 Å². The Hall–Kier alpha value is -1.88. The van der Waals surface area contributed by atoms with Gasteiger partial charge in [-0.2, -0.15) is 0 Å². The number of hydrogen-bond acceptors (Lipinski definition) is 4. The van der Waals surface area contributed by atoms with Crippen molar-refractivity contribution in [3.05, 3.63) is 40.3 Å². The molecule has 1 amide bonds. The van der Waals surface area contributed by atoms with E-state index in [0.29, 0.717) is 0 Å². The van der Waals surface area contributed by atoms with Crippen LogP contribution in [-0.2, 0) is 0 Å². The molecule has 1 aromatic heterocycles.